The number of hydrogen-bond donors (Lipinski definition) is 2. The molecule has 40 heavy (non-hydrogen) atoms. The van der Waals surface area contributed by atoms with Crippen LogP contribution in [0.5, 0.6) is 0 Å². The lowest BCUT2D eigenvalue weighted by molar-refractivity contribution is 0.139. The third-order valence-electron chi connectivity index (χ3n) is 5.95. The average molecular weight is 537 g/mol. The van der Waals surface area contributed by atoms with Crippen molar-refractivity contribution in [2.75, 3.05) is 13.1 Å². The van der Waals surface area contributed by atoms with Gasteiger partial charge in [-0.2, -0.15) is 10.2 Å². The van der Waals surface area contributed by atoms with Crippen LogP contribution in [-0.4, -0.2) is 25.3 Å². The molecule has 0 aliphatic carbocycles. The SMILES string of the molecule is O=C(NCCc1ccc(N=Nc2ccc(CCNC(=O)OCc3ccccc3)cc2)cc1)OCc1ccccc1. The van der Waals surface area contributed by atoms with E-state index in [2.05, 4.69) is 20.9 Å². The van der Waals surface area contributed by atoms with Crippen LogP contribution in [-0.2, 0) is 35.5 Å². The topological polar surface area (TPSA) is 101 Å². The first-order chi connectivity index (χ1) is 19.6. The van der Waals surface area contributed by atoms with Gasteiger partial charge in [-0.1, -0.05) is 84.9 Å². The lowest BCUT2D eigenvalue weighted by atomic mass is 10.1. The van der Waals surface area contributed by atoms with E-state index in [0.717, 1.165) is 33.6 Å². The summed E-state index contributed by atoms with van der Waals surface area (Å²) in [4.78, 5) is 23.7. The smallest absolute Gasteiger partial charge is 0.407 e. The highest BCUT2D eigenvalue weighted by atomic mass is 16.6. The van der Waals surface area contributed by atoms with Gasteiger partial charge in [0, 0.05) is 13.1 Å². The zero-order valence-corrected chi connectivity index (χ0v) is 22.2. The van der Waals surface area contributed by atoms with Crippen molar-refractivity contribution in [3.05, 3.63) is 131 Å². The molecule has 8 heteroatoms. The van der Waals surface area contributed by atoms with Crippen molar-refractivity contribution in [3.63, 3.8) is 0 Å². The molecule has 2 amide bonds. The summed E-state index contributed by atoms with van der Waals surface area (Å²) in [5, 5.41) is 14.1. The first-order valence-electron chi connectivity index (χ1n) is 13.1. The number of amides is 2. The Morgan fingerprint density at radius 2 is 0.875 bits per heavy atom. The molecule has 2 N–H and O–H groups in total. The van der Waals surface area contributed by atoms with Crippen LogP contribution in [0.15, 0.2) is 119 Å². The standard InChI is InChI=1S/C32H32N4O4/c37-31(39-23-27-7-3-1-4-8-27)33-21-19-25-11-15-29(16-12-25)35-36-30-17-13-26(14-18-30)20-22-34-32(38)40-24-28-9-5-2-6-10-28/h1-18H,19-24H2,(H,33,37)(H,34,38). The van der Waals surface area contributed by atoms with Crippen LogP contribution < -0.4 is 10.6 Å². The number of rotatable bonds is 12. The van der Waals surface area contributed by atoms with Gasteiger partial charge in [-0.15, -0.1) is 0 Å². The summed E-state index contributed by atoms with van der Waals surface area (Å²) in [5.74, 6) is 0. The van der Waals surface area contributed by atoms with Crippen molar-refractivity contribution in [2.45, 2.75) is 26.1 Å². The van der Waals surface area contributed by atoms with E-state index in [1.807, 2.05) is 109 Å². The molecule has 0 heterocycles. The summed E-state index contributed by atoms with van der Waals surface area (Å²) < 4.78 is 10.4. The molecule has 4 aromatic rings. The Kier molecular flexibility index (Phi) is 10.8. The minimum Gasteiger partial charge on any atom is -0.445 e. The third kappa shape index (κ3) is 10.1. The normalized spacial score (nSPS) is 10.7. The monoisotopic (exact) mass is 536 g/mol. The predicted octanol–water partition coefficient (Wildman–Crippen LogP) is 7.04. The molecule has 0 aromatic heterocycles. The number of hydrogen-bond acceptors (Lipinski definition) is 6. The number of carbonyl (C=O) groups excluding carboxylic acids is 2. The highest BCUT2D eigenvalue weighted by Crippen LogP contribution is 2.19. The van der Waals surface area contributed by atoms with E-state index in [1.54, 1.807) is 0 Å². The van der Waals surface area contributed by atoms with E-state index in [4.69, 9.17) is 9.47 Å². The quantitative estimate of drug-likeness (QED) is 0.190. The fourth-order valence-corrected chi connectivity index (χ4v) is 3.74. The summed E-state index contributed by atoms with van der Waals surface area (Å²) in [6.07, 6.45) is 0.494. The molecule has 4 rings (SSSR count). The molecule has 0 saturated carbocycles. The van der Waals surface area contributed by atoms with Crippen LogP contribution in [0.2, 0.25) is 0 Å². The van der Waals surface area contributed by atoms with Crippen molar-refractivity contribution < 1.29 is 19.1 Å². The van der Waals surface area contributed by atoms with Crippen molar-refractivity contribution in [1.82, 2.24) is 10.6 Å². The predicted molar refractivity (Wildman–Crippen MR) is 154 cm³/mol. The lowest BCUT2D eigenvalue weighted by Crippen LogP contribution is -2.26. The van der Waals surface area contributed by atoms with Gasteiger partial charge in [0.25, 0.3) is 0 Å². The van der Waals surface area contributed by atoms with Crippen LogP contribution >= 0.6 is 0 Å². The Balaban J connectivity index is 1.12. The van der Waals surface area contributed by atoms with Gasteiger partial charge in [-0.25, -0.2) is 9.59 Å². The molecule has 0 aliphatic rings. The van der Waals surface area contributed by atoms with Crippen LogP contribution in [0.4, 0.5) is 21.0 Å². The van der Waals surface area contributed by atoms with Crippen molar-refractivity contribution in [3.8, 4) is 0 Å². The molecular weight excluding hydrogens is 504 g/mol. The van der Waals surface area contributed by atoms with Gasteiger partial charge in [0.15, 0.2) is 0 Å². The molecule has 0 atom stereocenters. The van der Waals surface area contributed by atoms with Gasteiger partial charge in [-0.3, -0.25) is 0 Å². The van der Waals surface area contributed by atoms with E-state index in [0.29, 0.717) is 25.9 Å². The zero-order valence-electron chi connectivity index (χ0n) is 22.2. The van der Waals surface area contributed by atoms with Crippen LogP contribution in [0.25, 0.3) is 0 Å². The van der Waals surface area contributed by atoms with E-state index in [9.17, 15) is 9.59 Å². The third-order valence-corrected chi connectivity index (χ3v) is 5.95. The Labute approximate surface area is 234 Å². The van der Waals surface area contributed by atoms with Crippen molar-refractivity contribution in [1.29, 1.82) is 0 Å². The first kappa shape index (κ1) is 28.0. The Morgan fingerprint density at radius 1 is 0.500 bits per heavy atom. The second kappa shape index (κ2) is 15.4. The number of carbonyl (C=O) groups is 2. The second-order valence-electron chi connectivity index (χ2n) is 9.01. The highest BCUT2D eigenvalue weighted by Gasteiger charge is 2.04. The number of benzene rings is 4. The largest absolute Gasteiger partial charge is 0.445 e. The molecule has 0 fully saturated rings. The van der Waals surface area contributed by atoms with Gasteiger partial charge < -0.3 is 20.1 Å². The lowest BCUT2D eigenvalue weighted by Gasteiger charge is -2.07. The summed E-state index contributed by atoms with van der Waals surface area (Å²) in [5.41, 5.74) is 5.52. The number of ether oxygens (including phenoxy) is 2. The van der Waals surface area contributed by atoms with E-state index >= 15 is 0 Å². The molecular formula is C32H32N4O4. The molecule has 0 spiro atoms. The number of azo groups is 1. The maximum absolute atomic E-state index is 11.9. The van der Waals surface area contributed by atoms with Crippen molar-refractivity contribution >= 4 is 23.6 Å². The summed E-state index contributed by atoms with van der Waals surface area (Å²) in [6.45, 7) is 1.45. The van der Waals surface area contributed by atoms with Gasteiger partial charge in [0.05, 0.1) is 11.4 Å². The number of alkyl carbamates (subject to hydrolysis) is 2. The van der Waals surface area contributed by atoms with E-state index in [-0.39, 0.29) is 13.2 Å². The van der Waals surface area contributed by atoms with Crippen LogP contribution in [0, 0.1) is 0 Å². The summed E-state index contributed by atoms with van der Waals surface area (Å²) in [6, 6.07) is 34.6. The van der Waals surface area contributed by atoms with Gasteiger partial charge in [-0.05, 0) is 59.4 Å². The maximum atomic E-state index is 11.9. The van der Waals surface area contributed by atoms with Gasteiger partial charge >= 0.3 is 12.2 Å². The molecule has 204 valence electrons. The van der Waals surface area contributed by atoms with Crippen LogP contribution in [0.1, 0.15) is 22.3 Å². The molecule has 0 saturated heterocycles. The average Bonchev–Trinajstić information content (AvgIpc) is 3.00. The summed E-state index contributed by atoms with van der Waals surface area (Å²) >= 11 is 0. The molecule has 4 aromatic carbocycles. The Bertz CT molecular complexity index is 1250. The molecule has 0 unspecified atom stereocenters. The highest BCUT2D eigenvalue weighted by molar-refractivity contribution is 5.67. The number of nitrogens with one attached hydrogen (secondary N) is 2. The minimum atomic E-state index is -0.433. The van der Waals surface area contributed by atoms with E-state index in [1.165, 1.54) is 0 Å². The number of nitrogens with zero attached hydrogens (tertiary/aromatic N) is 2. The fraction of sp³-hybridized carbons (Fsp3) is 0.188. The maximum Gasteiger partial charge on any atom is 0.407 e. The van der Waals surface area contributed by atoms with E-state index < -0.39 is 12.2 Å². The van der Waals surface area contributed by atoms with Gasteiger partial charge in [0.2, 0.25) is 0 Å². The first-order valence-corrected chi connectivity index (χ1v) is 13.1. The van der Waals surface area contributed by atoms with Crippen molar-refractivity contribution in [2.24, 2.45) is 10.2 Å². The molecule has 8 nitrogen and oxygen atoms in total. The Hall–Kier alpha value is -4.98. The minimum absolute atomic E-state index is 0.248. The molecule has 0 radical (unpaired) electrons. The molecule has 0 aliphatic heterocycles. The Morgan fingerprint density at radius 3 is 1.25 bits per heavy atom. The van der Waals surface area contributed by atoms with Gasteiger partial charge in [0.1, 0.15) is 13.2 Å². The summed E-state index contributed by atoms with van der Waals surface area (Å²) in [7, 11) is 0. The van der Waals surface area contributed by atoms with Crippen LogP contribution in [0.3, 0.4) is 0 Å². The fourth-order valence-electron chi connectivity index (χ4n) is 3.74. The zero-order chi connectivity index (χ0) is 27.8. The second-order valence-corrected chi connectivity index (χ2v) is 9.01. The molecule has 0 bridgehead atoms.